The van der Waals surface area contributed by atoms with Gasteiger partial charge in [0.2, 0.25) is 0 Å². The number of phenols is 1. The first-order chi connectivity index (χ1) is 7.66. The van der Waals surface area contributed by atoms with Gasteiger partial charge in [0.1, 0.15) is 5.75 Å². The summed E-state index contributed by atoms with van der Waals surface area (Å²) in [4.78, 5) is 2.45. The number of rotatable bonds is 2. The molecule has 0 aromatic heterocycles. The molecule has 3 heteroatoms. The Hall–Kier alpha value is -0.540. The Balaban J connectivity index is 2.10. The summed E-state index contributed by atoms with van der Waals surface area (Å²) >= 11 is 3.45. The second kappa shape index (κ2) is 5.19. The molecule has 0 amide bonds. The van der Waals surface area contributed by atoms with Crippen molar-refractivity contribution in [2.24, 2.45) is 0 Å². The quantitative estimate of drug-likeness (QED) is 0.898. The van der Waals surface area contributed by atoms with E-state index in [2.05, 4.69) is 27.8 Å². The number of hydrogen-bond acceptors (Lipinski definition) is 2. The molecule has 1 N–H and O–H groups in total. The van der Waals surface area contributed by atoms with Crippen molar-refractivity contribution in [1.82, 2.24) is 4.90 Å². The Morgan fingerprint density at radius 1 is 1.44 bits per heavy atom. The van der Waals surface area contributed by atoms with Gasteiger partial charge in [-0.2, -0.15) is 0 Å². The van der Waals surface area contributed by atoms with Crippen LogP contribution in [0.5, 0.6) is 5.75 Å². The fourth-order valence-electron chi connectivity index (χ4n) is 2.29. The minimum atomic E-state index is 0.404. The van der Waals surface area contributed by atoms with Gasteiger partial charge in [0.05, 0.1) is 0 Å². The lowest BCUT2D eigenvalue weighted by Crippen LogP contribution is -2.36. The zero-order chi connectivity index (χ0) is 11.5. The lowest BCUT2D eigenvalue weighted by molar-refractivity contribution is 0.151. The second-order valence-electron chi connectivity index (χ2n) is 4.59. The first kappa shape index (κ1) is 11.9. The third-order valence-corrected chi connectivity index (χ3v) is 3.85. The lowest BCUT2D eigenvalue weighted by atomic mass is 10.0. The SMILES string of the molecule is CC1CCCCN1Cc1cc(Br)ccc1O. The van der Waals surface area contributed by atoms with Crippen LogP contribution in [0, 0.1) is 0 Å². The molecule has 2 rings (SSSR count). The number of hydrogen-bond donors (Lipinski definition) is 1. The van der Waals surface area contributed by atoms with Gasteiger partial charge in [0, 0.05) is 22.6 Å². The summed E-state index contributed by atoms with van der Waals surface area (Å²) in [6.45, 7) is 4.27. The first-order valence-electron chi connectivity index (χ1n) is 5.88. The van der Waals surface area contributed by atoms with Crippen molar-refractivity contribution in [2.45, 2.75) is 38.8 Å². The van der Waals surface area contributed by atoms with Crippen molar-refractivity contribution >= 4 is 15.9 Å². The second-order valence-corrected chi connectivity index (χ2v) is 5.50. The van der Waals surface area contributed by atoms with Crippen LogP contribution in [0.4, 0.5) is 0 Å². The molecular formula is C13H18BrNO. The number of aromatic hydroxyl groups is 1. The number of benzene rings is 1. The van der Waals surface area contributed by atoms with E-state index in [1.165, 1.54) is 19.3 Å². The van der Waals surface area contributed by atoms with E-state index in [1.807, 2.05) is 12.1 Å². The van der Waals surface area contributed by atoms with Gasteiger partial charge >= 0.3 is 0 Å². The molecule has 1 aliphatic heterocycles. The van der Waals surface area contributed by atoms with E-state index in [-0.39, 0.29) is 0 Å². The fourth-order valence-corrected chi connectivity index (χ4v) is 2.70. The lowest BCUT2D eigenvalue weighted by Gasteiger charge is -2.33. The molecule has 1 atom stereocenters. The van der Waals surface area contributed by atoms with E-state index in [4.69, 9.17) is 0 Å². The molecule has 88 valence electrons. The van der Waals surface area contributed by atoms with Crippen LogP contribution in [0.2, 0.25) is 0 Å². The van der Waals surface area contributed by atoms with Crippen LogP contribution in [-0.2, 0) is 6.54 Å². The predicted octanol–water partition coefficient (Wildman–Crippen LogP) is 3.53. The van der Waals surface area contributed by atoms with Gasteiger partial charge in [-0.25, -0.2) is 0 Å². The molecule has 0 bridgehead atoms. The van der Waals surface area contributed by atoms with Crippen molar-refractivity contribution in [2.75, 3.05) is 6.54 Å². The van der Waals surface area contributed by atoms with Crippen LogP contribution < -0.4 is 0 Å². The number of piperidine rings is 1. The molecular weight excluding hydrogens is 266 g/mol. The number of nitrogens with zero attached hydrogens (tertiary/aromatic N) is 1. The summed E-state index contributed by atoms with van der Waals surface area (Å²) in [5.74, 6) is 0.404. The van der Waals surface area contributed by atoms with E-state index in [9.17, 15) is 5.11 Å². The Bertz CT molecular complexity index is 367. The molecule has 2 nitrogen and oxygen atoms in total. The molecule has 1 aliphatic rings. The van der Waals surface area contributed by atoms with Gasteiger partial charge in [-0.3, -0.25) is 4.90 Å². The van der Waals surface area contributed by atoms with Crippen molar-refractivity contribution < 1.29 is 5.11 Å². The number of likely N-dealkylation sites (tertiary alicyclic amines) is 1. The molecule has 1 aromatic carbocycles. The summed E-state index contributed by atoms with van der Waals surface area (Å²) in [5.41, 5.74) is 1.02. The highest BCUT2D eigenvalue weighted by molar-refractivity contribution is 9.10. The topological polar surface area (TPSA) is 23.5 Å². The minimum absolute atomic E-state index is 0.404. The average Bonchev–Trinajstić information content (AvgIpc) is 2.27. The minimum Gasteiger partial charge on any atom is -0.508 e. The first-order valence-corrected chi connectivity index (χ1v) is 6.67. The van der Waals surface area contributed by atoms with E-state index in [0.717, 1.165) is 23.1 Å². The van der Waals surface area contributed by atoms with Crippen molar-refractivity contribution in [3.8, 4) is 5.75 Å². The maximum atomic E-state index is 9.80. The van der Waals surface area contributed by atoms with Crippen LogP contribution in [0.1, 0.15) is 31.7 Å². The van der Waals surface area contributed by atoms with Crippen LogP contribution in [-0.4, -0.2) is 22.6 Å². The summed E-state index contributed by atoms with van der Waals surface area (Å²) in [6, 6.07) is 6.27. The third-order valence-electron chi connectivity index (χ3n) is 3.36. The summed E-state index contributed by atoms with van der Waals surface area (Å²) in [7, 11) is 0. The third kappa shape index (κ3) is 2.77. The zero-order valence-corrected chi connectivity index (χ0v) is 11.2. The Morgan fingerprint density at radius 3 is 3.00 bits per heavy atom. The molecule has 1 aromatic rings. The maximum Gasteiger partial charge on any atom is 0.120 e. The van der Waals surface area contributed by atoms with E-state index in [0.29, 0.717) is 11.8 Å². The fraction of sp³-hybridized carbons (Fsp3) is 0.538. The van der Waals surface area contributed by atoms with E-state index in [1.54, 1.807) is 6.07 Å². The molecule has 16 heavy (non-hydrogen) atoms. The smallest absolute Gasteiger partial charge is 0.120 e. The Morgan fingerprint density at radius 2 is 2.25 bits per heavy atom. The molecule has 0 spiro atoms. The maximum absolute atomic E-state index is 9.80. The van der Waals surface area contributed by atoms with E-state index < -0.39 is 0 Å². The summed E-state index contributed by atoms with van der Waals surface area (Å²) in [5, 5.41) is 9.80. The molecule has 1 fully saturated rings. The zero-order valence-electron chi connectivity index (χ0n) is 9.62. The molecule has 0 aliphatic carbocycles. The monoisotopic (exact) mass is 283 g/mol. The van der Waals surface area contributed by atoms with Crippen LogP contribution in [0.25, 0.3) is 0 Å². The van der Waals surface area contributed by atoms with Crippen LogP contribution in [0.15, 0.2) is 22.7 Å². The molecule has 1 unspecified atom stereocenters. The highest BCUT2D eigenvalue weighted by Gasteiger charge is 2.19. The van der Waals surface area contributed by atoms with Gasteiger partial charge in [-0.05, 0) is 44.5 Å². The molecule has 0 radical (unpaired) electrons. The van der Waals surface area contributed by atoms with Crippen molar-refractivity contribution in [1.29, 1.82) is 0 Å². The largest absolute Gasteiger partial charge is 0.508 e. The van der Waals surface area contributed by atoms with Gasteiger partial charge in [0.25, 0.3) is 0 Å². The Kier molecular flexibility index (Phi) is 3.87. The van der Waals surface area contributed by atoms with Crippen molar-refractivity contribution in [3.05, 3.63) is 28.2 Å². The predicted molar refractivity (Wildman–Crippen MR) is 69.5 cm³/mol. The van der Waals surface area contributed by atoms with E-state index >= 15 is 0 Å². The molecule has 0 saturated carbocycles. The van der Waals surface area contributed by atoms with Gasteiger partial charge in [0.15, 0.2) is 0 Å². The summed E-state index contributed by atoms with van der Waals surface area (Å²) in [6.07, 6.45) is 3.88. The van der Waals surface area contributed by atoms with Gasteiger partial charge < -0.3 is 5.11 Å². The highest BCUT2D eigenvalue weighted by atomic mass is 79.9. The van der Waals surface area contributed by atoms with Crippen molar-refractivity contribution in [3.63, 3.8) is 0 Å². The van der Waals surface area contributed by atoms with Crippen LogP contribution in [0.3, 0.4) is 0 Å². The number of halogens is 1. The Labute approximate surface area is 105 Å². The normalized spacial score (nSPS) is 22.2. The standard InChI is InChI=1S/C13H18BrNO/c1-10-4-2-3-7-15(10)9-11-8-12(14)5-6-13(11)16/h5-6,8,10,16H,2-4,7,9H2,1H3. The van der Waals surface area contributed by atoms with Crippen LogP contribution >= 0.6 is 15.9 Å². The number of phenolic OH excluding ortho intramolecular Hbond substituents is 1. The van der Waals surface area contributed by atoms with Gasteiger partial charge in [-0.1, -0.05) is 22.4 Å². The van der Waals surface area contributed by atoms with Gasteiger partial charge in [-0.15, -0.1) is 0 Å². The molecule has 1 saturated heterocycles. The molecule has 1 heterocycles. The summed E-state index contributed by atoms with van der Waals surface area (Å²) < 4.78 is 1.03. The highest BCUT2D eigenvalue weighted by Crippen LogP contribution is 2.26. The average molecular weight is 284 g/mol.